The summed E-state index contributed by atoms with van der Waals surface area (Å²) in [6.45, 7) is 4.67. The zero-order chi connectivity index (χ0) is 24.7. The fraction of sp³-hybridized carbons (Fsp3) is 0.444. The van der Waals surface area contributed by atoms with Crippen LogP contribution >= 0.6 is 0 Å². The molecule has 7 heteroatoms. The highest BCUT2D eigenvalue weighted by atomic mass is 16.5. The minimum atomic E-state index is -1.06. The molecular formula is C27H33NO6. The summed E-state index contributed by atoms with van der Waals surface area (Å²) in [4.78, 5) is 36.4. The number of ether oxygens (including phenoxy) is 3. The lowest BCUT2D eigenvalue weighted by Crippen LogP contribution is -2.36. The van der Waals surface area contributed by atoms with Crippen molar-refractivity contribution in [1.29, 1.82) is 0 Å². The van der Waals surface area contributed by atoms with E-state index in [0.29, 0.717) is 24.5 Å². The quantitative estimate of drug-likeness (QED) is 0.345. The molecule has 34 heavy (non-hydrogen) atoms. The first kappa shape index (κ1) is 25.3. The van der Waals surface area contributed by atoms with E-state index in [4.69, 9.17) is 14.2 Å². The maximum absolute atomic E-state index is 12.5. The number of carbonyl (C=O) groups is 3. The van der Waals surface area contributed by atoms with Crippen molar-refractivity contribution in [3.05, 3.63) is 47.0 Å². The summed E-state index contributed by atoms with van der Waals surface area (Å²) in [6.07, 6.45) is 5.72. The van der Waals surface area contributed by atoms with Gasteiger partial charge in [-0.05, 0) is 73.1 Å². The molecule has 0 bridgehead atoms. The van der Waals surface area contributed by atoms with E-state index in [2.05, 4.69) is 12.2 Å². The molecule has 1 aliphatic heterocycles. The Labute approximate surface area is 200 Å². The average Bonchev–Trinajstić information content (AvgIpc) is 2.85. The minimum absolute atomic E-state index is 0.00746. The molecule has 2 aromatic carbocycles. The van der Waals surface area contributed by atoms with E-state index in [-0.39, 0.29) is 11.5 Å². The van der Waals surface area contributed by atoms with Crippen LogP contribution in [0, 0.1) is 0 Å². The zero-order valence-corrected chi connectivity index (χ0v) is 20.4. The third-order valence-electron chi connectivity index (χ3n) is 6.25. The Morgan fingerprint density at radius 1 is 0.912 bits per heavy atom. The first-order chi connectivity index (χ1) is 16.4. The number of hydrogen-bond donors (Lipinski definition) is 1. The highest BCUT2D eigenvalue weighted by Crippen LogP contribution is 2.38. The maximum atomic E-state index is 12.5. The van der Waals surface area contributed by atoms with Crippen LogP contribution < -0.4 is 19.5 Å². The van der Waals surface area contributed by atoms with E-state index in [1.54, 1.807) is 7.11 Å². The molecule has 1 aliphatic rings. The smallest absolute Gasteiger partial charge is 0.300 e. The van der Waals surface area contributed by atoms with Gasteiger partial charge < -0.3 is 19.5 Å². The Balaban J connectivity index is 1.80. The number of Topliss-reactive ketones (excluding diaryl/α,β-unsaturated/α-hetero) is 2. The van der Waals surface area contributed by atoms with Gasteiger partial charge in [0.25, 0.3) is 11.7 Å². The summed E-state index contributed by atoms with van der Waals surface area (Å²) in [5.41, 5.74) is 2.46. The van der Waals surface area contributed by atoms with E-state index >= 15 is 0 Å². The Hall–Kier alpha value is -3.35. The summed E-state index contributed by atoms with van der Waals surface area (Å²) < 4.78 is 16.9. The minimum Gasteiger partial charge on any atom is -0.497 e. The molecule has 0 saturated heterocycles. The van der Waals surface area contributed by atoms with Crippen molar-refractivity contribution in [3.8, 4) is 17.2 Å². The summed E-state index contributed by atoms with van der Waals surface area (Å²) in [5, 5.41) is 2.61. The van der Waals surface area contributed by atoms with Gasteiger partial charge in [-0.1, -0.05) is 26.7 Å². The zero-order valence-electron chi connectivity index (χ0n) is 20.4. The number of ketones is 2. The predicted octanol–water partition coefficient (Wildman–Crippen LogP) is 5.10. The third-order valence-corrected chi connectivity index (χ3v) is 6.25. The highest BCUT2D eigenvalue weighted by molar-refractivity contribution is 6.70. The van der Waals surface area contributed by atoms with E-state index in [9.17, 15) is 14.4 Å². The number of nitrogens with one attached hydrogen (secondary N) is 1. The van der Waals surface area contributed by atoms with Crippen LogP contribution in [0.1, 0.15) is 73.4 Å². The standard InChI is InChI=1S/C27H33NO6/c1-5-7-8-9-18-14-19(32-3)10-11-23(18)34-13-12-17(6-2)21-15-20(33-4)16-22-24(21)28-27(31)26(30)25(22)29/h10-11,14-17H,5-9,12-13H2,1-4H3,(H,28,31). The molecule has 0 fully saturated rings. The molecule has 1 N–H and O–H groups in total. The van der Waals surface area contributed by atoms with Crippen LogP contribution in [-0.2, 0) is 16.0 Å². The lowest BCUT2D eigenvalue weighted by molar-refractivity contribution is -0.132. The monoisotopic (exact) mass is 467 g/mol. The van der Waals surface area contributed by atoms with Crippen molar-refractivity contribution in [2.24, 2.45) is 0 Å². The van der Waals surface area contributed by atoms with Crippen LogP contribution in [0.25, 0.3) is 0 Å². The van der Waals surface area contributed by atoms with Gasteiger partial charge >= 0.3 is 0 Å². The molecule has 1 atom stereocenters. The number of benzene rings is 2. The fourth-order valence-corrected chi connectivity index (χ4v) is 4.27. The van der Waals surface area contributed by atoms with E-state index in [1.165, 1.54) is 13.2 Å². The highest BCUT2D eigenvalue weighted by Gasteiger charge is 2.35. The third kappa shape index (κ3) is 5.58. The number of carbonyl (C=O) groups excluding carboxylic acids is 3. The Morgan fingerprint density at radius 3 is 2.35 bits per heavy atom. The summed E-state index contributed by atoms with van der Waals surface area (Å²) in [5.74, 6) is -0.648. The van der Waals surface area contributed by atoms with E-state index < -0.39 is 17.5 Å². The van der Waals surface area contributed by atoms with Gasteiger partial charge in [-0.15, -0.1) is 0 Å². The van der Waals surface area contributed by atoms with Crippen LogP contribution in [-0.4, -0.2) is 38.3 Å². The van der Waals surface area contributed by atoms with Gasteiger partial charge in [0, 0.05) is 0 Å². The second kappa shape index (κ2) is 11.7. The molecule has 0 spiro atoms. The Kier molecular flexibility index (Phi) is 8.68. The van der Waals surface area contributed by atoms with Gasteiger partial charge in [0.05, 0.1) is 32.1 Å². The SMILES string of the molecule is CCCCCc1cc(OC)ccc1OCCC(CC)c1cc(OC)cc2c1NC(=O)C(=O)C2=O. The van der Waals surface area contributed by atoms with Crippen LogP contribution in [0.2, 0.25) is 0 Å². The molecule has 3 rings (SSSR count). The Bertz CT molecular complexity index is 1060. The van der Waals surface area contributed by atoms with Gasteiger partial charge in [0.15, 0.2) is 0 Å². The summed E-state index contributed by atoms with van der Waals surface area (Å²) >= 11 is 0. The predicted molar refractivity (Wildman–Crippen MR) is 130 cm³/mol. The maximum Gasteiger partial charge on any atom is 0.300 e. The number of unbranched alkanes of at least 4 members (excludes halogenated alkanes) is 2. The number of rotatable bonds is 12. The molecule has 7 nitrogen and oxygen atoms in total. The van der Waals surface area contributed by atoms with Crippen molar-refractivity contribution in [2.75, 3.05) is 26.1 Å². The first-order valence-corrected chi connectivity index (χ1v) is 11.8. The number of amides is 1. The van der Waals surface area contributed by atoms with Crippen LogP contribution in [0.15, 0.2) is 30.3 Å². The molecule has 2 aromatic rings. The van der Waals surface area contributed by atoms with Crippen molar-refractivity contribution in [3.63, 3.8) is 0 Å². The van der Waals surface area contributed by atoms with Crippen molar-refractivity contribution >= 4 is 23.2 Å². The number of fused-ring (bicyclic) bond motifs is 1. The van der Waals surface area contributed by atoms with Gasteiger partial charge in [-0.25, -0.2) is 0 Å². The van der Waals surface area contributed by atoms with Gasteiger partial charge in [-0.2, -0.15) is 0 Å². The molecule has 1 unspecified atom stereocenters. The molecule has 1 heterocycles. The summed E-state index contributed by atoms with van der Waals surface area (Å²) in [7, 11) is 3.16. The van der Waals surface area contributed by atoms with E-state index in [0.717, 1.165) is 54.7 Å². The second-order valence-electron chi connectivity index (χ2n) is 8.42. The van der Waals surface area contributed by atoms with Crippen LogP contribution in [0.4, 0.5) is 5.69 Å². The number of methoxy groups -OCH3 is 2. The summed E-state index contributed by atoms with van der Waals surface area (Å²) in [6, 6.07) is 9.19. The number of anilines is 1. The van der Waals surface area contributed by atoms with Gasteiger partial charge in [-0.3, -0.25) is 14.4 Å². The normalized spacial score (nSPS) is 13.8. The average molecular weight is 468 g/mol. The van der Waals surface area contributed by atoms with Crippen molar-refractivity contribution < 1.29 is 28.6 Å². The number of aryl methyl sites for hydroxylation is 1. The Morgan fingerprint density at radius 2 is 1.68 bits per heavy atom. The molecule has 182 valence electrons. The molecule has 0 aliphatic carbocycles. The molecular weight excluding hydrogens is 434 g/mol. The van der Waals surface area contributed by atoms with Crippen molar-refractivity contribution in [1.82, 2.24) is 0 Å². The topological polar surface area (TPSA) is 90.9 Å². The largest absolute Gasteiger partial charge is 0.497 e. The van der Waals surface area contributed by atoms with Crippen LogP contribution in [0.5, 0.6) is 17.2 Å². The van der Waals surface area contributed by atoms with Crippen LogP contribution in [0.3, 0.4) is 0 Å². The fourth-order valence-electron chi connectivity index (χ4n) is 4.27. The molecule has 0 radical (unpaired) electrons. The molecule has 0 saturated carbocycles. The lowest BCUT2D eigenvalue weighted by atomic mass is 9.87. The molecule has 1 amide bonds. The molecule has 0 aromatic heterocycles. The lowest BCUT2D eigenvalue weighted by Gasteiger charge is -2.25. The second-order valence-corrected chi connectivity index (χ2v) is 8.42. The number of hydrogen-bond acceptors (Lipinski definition) is 6. The first-order valence-electron chi connectivity index (χ1n) is 11.8. The van der Waals surface area contributed by atoms with Gasteiger partial charge in [0.2, 0.25) is 5.78 Å². The van der Waals surface area contributed by atoms with Crippen molar-refractivity contribution in [2.45, 2.75) is 58.3 Å². The van der Waals surface area contributed by atoms with Gasteiger partial charge in [0.1, 0.15) is 17.2 Å². The van der Waals surface area contributed by atoms with E-state index in [1.807, 2.05) is 31.2 Å².